The summed E-state index contributed by atoms with van der Waals surface area (Å²) in [5, 5.41) is 2.36. The van der Waals surface area contributed by atoms with Gasteiger partial charge in [0.2, 0.25) is 17.8 Å². The highest BCUT2D eigenvalue weighted by Gasteiger charge is 2.17. The van der Waals surface area contributed by atoms with Crippen molar-refractivity contribution >= 4 is 35.3 Å². The number of nitrogens with two attached hydrogens (primary N) is 2. The molecule has 0 fully saturated rings. The van der Waals surface area contributed by atoms with E-state index in [9.17, 15) is 9.18 Å². The fourth-order valence-electron chi connectivity index (χ4n) is 1.57. The first kappa shape index (κ1) is 16.0. The topological polar surface area (TPSA) is 120 Å². The molecule has 2 rings (SSSR count). The summed E-state index contributed by atoms with van der Waals surface area (Å²) in [6, 6.07) is 4.49. The third kappa shape index (κ3) is 4.04. The van der Waals surface area contributed by atoms with Crippen LogP contribution in [-0.4, -0.2) is 26.1 Å². The average Bonchev–Trinajstić information content (AvgIpc) is 2.41. The molecule has 0 radical (unpaired) electrons. The Hall–Kier alpha value is -2.42. The molecule has 0 saturated carbocycles. The van der Waals surface area contributed by atoms with Crippen molar-refractivity contribution in [2.45, 2.75) is 24.3 Å². The Balaban J connectivity index is 2.04. The van der Waals surface area contributed by atoms with Crippen molar-refractivity contribution in [2.75, 3.05) is 16.8 Å². The van der Waals surface area contributed by atoms with E-state index in [4.69, 9.17) is 11.5 Å². The third-order valence-electron chi connectivity index (χ3n) is 2.74. The van der Waals surface area contributed by atoms with E-state index < -0.39 is 5.25 Å². The average molecular weight is 322 g/mol. The van der Waals surface area contributed by atoms with E-state index in [0.29, 0.717) is 11.3 Å². The summed E-state index contributed by atoms with van der Waals surface area (Å²) < 4.78 is 13.5. The van der Waals surface area contributed by atoms with Gasteiger partial charge in [-0.2, -0.15) is 15.0 Å². The second-order valence-electron chi connectivity index (χ2n) is 4.55. The van der Waals surface area contributed by atoms with E-state index in [1.54, 1.807) is 26.0 Å². The van der Waals surface area contributed by atoms with Crippen molar-refractivity contribution in [1.82, 2.24) is 15.0 Å². The van der Waals surface area contributed by atoms with Crippen LogP contribution in [0.4, 0.5) is 22.0 Å². The van der Waals surface area contributed by atoms with Crippen molar-refractivity contribution in [3.05, 3.63) is 29.6 Å². The van der Waals surface area contributed by atoms with Gasteiger partial charge in [-0.3, -0.25) is 4.79 Å². The van der Waals surface area contributed by atoms with E-state index in [1.807, 2.05) is 0 Å². The number of thioether (sulfide) groups is 1. The zero-order valence-electron chi connectivity index (χ0n) is 12.0. The first-order chi connectivity index (χ1) is 10.3. The van der Waals surface area contributed by atoms with Crippen LogP contribution < -0.4 is 16.8 Å². The molecule has 0 aliphatic heterocycles. The van der Waals surface area contributed by atoms with Gasteiger partial charge in [-0.25, -0.2) is 4.39 Å². The van der Waals surface area contributed by atoms with Crippen molar-refractivity contribution < 1.29 is 9.18 Å². The van der Waals surface area contributed by atoms with E-state index in [-0.39, 0.29) is 28.8 Å². The number of carbonyl (C=O) groups excluding carboxylic acids is 1. The third-order valence-corrected chi connectivity index (χ3v) is 3.70. The standard InChI is InChI=1S/C13H15FN6OS/c1-6-3-4-8(5-9(6)14)17-10(21)7(2)22-13-19-11(15)18-12(16)20-13/h3-5,7H,1-2H3,(H,17,21)(H4,15,16,18,19,20)/t7-/m1/s1. The number of carbonyl (C=O) groups is 1. The zero-order valence-corrected chi connectivity index (χ0v) is 12.8. The first-order valence-electron chi connectivity index (χ1n) is 6.36. The molecular formula is C13H15FN6OS. The molecule has 9 heteroatoms. The van der Waals surface area contributed by atoms with Gasteiger partial charge < -0.3 is 16.8 Å². The lowest BCUT2D eigenvalue weighted by Crippen LogP contribution is -2.23. The lowest BCUT2D eigenvalue weighted by molar-refractivity contribution is -0.115. The molecule has 2 aromatic rings. The number of anilines is 3. The van der Waals surface area contributed by atoms with Gasteiger partial charge >= 0.3 is 0 Å². The molecule has 116 valence electrons. The minimum Gasteiger partial charge on any atom is -0.368 e. The Bertz CT molecular complexity index is 691. The number of nitrogens with one attached hydrogen (secondary N) is 1. The Labute approximate surface area is 130 Å². The fourth-order valence-corrected chi connectivity index (χ4v) is 2.34. The van der Waals surface area contributed by atoms with E-state index in [0.717, 1.165) is 11.8 Å². The molecule has 1 atom stereocenters. The Morgan fingerprint density at radius 2 is 1.91 bits per heavy atom. The fraction of sp³-hybridized carbons (Fsp3) is 0.231. The SMILES string of the molecule is Cc1ccc(NC(=O)[C@@H](C)Sc2nc(N)nc(N)n2)cc1F. The molecule has 0 bridgehead atoms. The van der Waals surface area contributed by atoms with Gasteiger partial charge in [0.05, 0.1) is 5.25 Å². The van der Waals surface area contributed by atoms with Crippen LogP contribution in [0.3, 0.4) is 0 Å². The maximum Gasteiger partial charge on any atom is 0.237 e. The van der Waals surface area contributed by atoms with Gasteiger partial charge in [0.15, 0.2) is 5.16 Å². The predicted molar refractivity (Wildman–Crippen MR) is 83.7 cm³/mol. The van der Waals surface area contributed by atoms with E-state index in [1.165, 1.54) is 6.07 Å². The van der Waals surface area contributed by atoms with Crippen LogP contribution in [-0.2, 0) is 4.79 Å². The molecule has 0 aliphatic carbocycles. The number of hydrogen-bond acceptors (Lipinski definition) is 7. The van der Waals surface area contributed by atoms with Crippen LogP contribution in [0.15, 0.2) is 23.4 Å². The molecule has 0 aliphatic rings. The summed E-state index contributed by atoms with van der Waals surface area (Å²) in [5.74, 6) is -0.714. The molecular weight excluding hydrogens is 307 g/mol. The molecule has 1 amide bonds. The second-order valence-corrected chi connectivity index (χ2v) is 5.86. The van der Waals surface area contributed by atoms with Crippen LogP contribution in [0.25, 0.3) is 0 Å². The monoisotopic (exact) mass is 322 g/mol. The predicted octanol–water partition coefficient (Wildman–Crippen LogP) is 1.60. The number of amides is 1. The second kappa shape index (κ2) is 6.56. The number of hydrogen-bond donors (Lipinski definition) is 3. The van der Waals surface area contributed by atoms with Crippen LogP contribution in [0.1, 0.15) is 12.5 Å². The smallest absolute Gasteiger partial charge is 0.237 e. The Morgan fingerprint density at radius 1 is 1.27 bits per heavy atom. The summed E-state index contributed by atoms with van der Waals surface area (Å²) in [6.07, 6.45) is 0. The van der Waals surface area contributed by atoms with Crippen LogP contribution in [0.5, 0.6) is 0 Å². The highest BCUT2D eigenvalue weighted by atomic mass is 32.2. The molecule has 1 aromatic carbocycles. The lowest BCUT2D eigenvalue weighted by atomic mass is 10.2. The quantitative estimate of drug-likeness (QED) is 0.731. The van der Waals surface area contributed by atoms with Crippen molar-refractivity contribution in [3.8, 4) is 0 Å². The van der Waals surface area contributed by atoms with Gasteiger partial charge in [-0.1, -0.05) is 17.8 Å². The summed E-state index contributed by atoms with van der Waals surface area (Å²) >= 11 is 1.08. The molecule has 1 heterocycles. The largest absolute Gasteiger partial charge is 0.368 e. The number of nitrogens with zero attached hydrogens (tertiary/aromatic N) is 3. The number of nitrogen functional groups attached to an aromatic ring is 2. The van der Waals surface area contributed by atoms with Crippen LogP contribution in [0, 0.1) is 12.7 Å². The highest BCUT2D eigenvalue weighted by Crippen LogP contribution is 2.22. The Kier molecular flexibility index (Phi) is 4.76. The van der Waals surface area contributed by atoms with Gasteiger partial charge in [0.25, 0.3) is 0 Å². The normalized spacial score (nSPS) is 12.0. The molecule has 22 heavy (non-hydrogen) atoms. The van der Waals surface area contributed by atoms with Crippen molar-refractivity contribution in [2.24, 2.45) is 0 Å². The Morgan fingerprint density at radius 3 is 2.50 bits per heavy atom. The lowest BCUT2D eigenvalue weighted by Gasteiger charge is -2.11. The van der Waals surface area contributed by atoms with Crippen molar-refractivity contribution in [3.63, 3.8) is 0 Å². The summed E-state index contributed by atoms with van der Waals surface area (Å²) in [6.45, 7) is 3.32. The van der Waals surface area contributed by atoms with Gasteiger partial charge in [0.1, 0.15) is 5.82 Å². The maximum absolute atomic E-state index is 13.5. The summed E-state index contributed by atoms with van der Waals surface area (Å²) in [7, 11) is 0. The van der Waals surface area contributed by atoms with Gasteiger partial charge in [-0.15, -0.1) is 0 Å². The van der Waals surface area contributed by atoms with E-state index in [2.05, 4.69) is 20.3 Å². The highest BCUT2D eigenvalue weighted by molar-refractivity contribution is 8.00. The molecule has 0 saturated heterocycles. The molecule has 1 aromatic heterocycles. The minimum atomic E-state index is -0.523. The number of aryl methyl sites for hydroxylation is 1. The number of rotatable bonds is 4. The van der Waals surface area contributed by atoms with Crippen molar-refractivity contribution in [1.29, 1.82) is 0 Å². The molecule has 0 unspecified atom stereocenters. The maximum atomic E-state index is 13.5. The van der Waals surface area contributed by atoms with Crippen LogP contribution in [0.2, 0.25) is 0 Å². The summed E-state index contributed by atoms with van der Waals surface area (Å²) in [4.78, 5) is 23.5. The van der Waals surface area contributed by atoms with Gasteiger partial charge in [0, 0.05) is 5.69 Å². The minimum absolute atomic E-state index is 0.0109. The molecule has 0 spiro atoms. The summed E-state index contributed by atoms with van der Waals surface area (Å²) in [5.41, 5.74) is 11.8. The van der Waals surface area contributed by atoms with E-state index >= 15 is 0 Å². The number of halogens is 1. The first-order valence-corrected chi connectivity index (χ1v) is 7.24. The number of aromatic nitrogens is 3. The number of benzene rings is 1. The van der Waals surface area contributed by atoms with Crippen LogP contribution >= 0.6 is 11.8 Å². The zero-order chi connectivity index (χ0) is 16.3. The molecule has 7 nitrogen and oxygen atoms in total. The van der Waals surface area contributed by atoms with Gasteiger partial charge in [-0.05, 0) is 31.5 Å². The molecule has 5 N–H and O–H groups in total.